The number of ether oxygens (including phenoxy) is 1. The Kier molecular flexibility index (Phi) is 4.79. The molecule has 0 aliphatic heterocycles. The summed E-state index contributed by atoms with van der Waals surface area (Å²) in [4.78, 5) is 11.4. The van der Waals surface area contributed by atoms with Gasteiger partial charge in [-0.2, -0.15) is 0 Å². The van der Waals surface area contributed by atoms with Crippen molar-refractivity contribution in [1.29, 1.82) is 0 Å². The third-order valence-corrected chi connectivity index (χ3v) is 2.02. The molecule has 88 valence electrons. The van der Waals surface area contributed by atoms with Crippen molar-refractivity contribution in [2.45, 2.75) is 26.3 Å². The monoisotopic (exact) mass is 222 g/mol. The van der Waals surface area contributed by atoms with E-state index in [1.165, 1.54) is 0 Å². The van der Waals surface area contributed by atoms with E-state index in [9.17, 15) is 4.79 Å². The van der Waals surface area contributed by atoms with Crippen LogP contribution in [-0.4, -0.2) is 18.6 Å². The summed E-state index contributed by atoms with van der Waals surface area (Å²) in [7, 11) is 0. The topological polar surface area (TPSA) is 64.3 Å². The van der Waals surface area contributed by atoms with Gasteiger partial charge in [-0.05, 0) is 25.5 Å². The molecule has 0 heterocycles. The fourth-order valence-corrected chi connectivity index (χ4v) is 1.15. The first kappa shape index (κ1) is 12.5. The van der Waals surface area contributed by atoms with Gasteiger partial charge < -0.3 is 15.8 Å². The Balaban J connectivity index is 2.74. The molecule has 4 nitrogen and oxygen atoms in total. The highest BCUT2D eigenvalue weighted by atomic mass is 16.5. The zero-order valence-corrected chi connectivity index (χ0v) is 9.69. The molecule has 16 heavy (non-hydrogen) atoms. The largest absolute Gasteiger partial charge is 0.491 e. The third-order valence-electron chi connectivity index (χ3n) is 2.02. The van der Waals surface area contributed by atoms with Crippen LogP contribution in [0.1, 0.15) is 20.3 Å². The van der Waals surface area contributed by atoms with Gasteiger partial charge in [-0.15, -0.1) is 0 Å². The molecule has 0 saturated carbocycles. The molecule has 0 aliphatic rings. The minimum atomic E-state index is -0.528. The lowest BCUT2D eigenvalue weighted by molar-refractivity contribution is -0.117. The normalized spacial score (nSPS) is 11.9. The second-order valence-electron chi connectivity index (χ2n) is 3.62. The fraction of sp³-hybridized carbons (Fsp3) is 0.417. The predicted octanol–water partition coefficient (Wildman–Crippen LogP) is 1.76. The van der Waals surface area contributed by atoms with Gasteiger partial charge in [0.2, 0.25) is 5.91 Å². The van der Waals surface area contributed by atoms with E-state index in [4.69, 9.17) is 10.5 Å². The van der Waals surface area contributed by atoms with Crippen LogP contribution < -0.4 is 15.8 Å². The number of hydrogen-bond donors (Lipinski definition) is 2. The van der Waals surface area contributed by atoms with Gasteiger partial charge in [0.1, 0.15) is 5.75 Å². The van der Waals surface area contributed by atoms with E-state index >= 15 is 0 Å². The van der Waals surface area contributed by atoms with Crippen LogP contribution in [-0.2, 0) is 4.79 Å². The summed E-state index contributed by atoms with van der Waals surface area (Å²) < 4.78 is 5.51. The second-order valence-corrected chi connectivity index (χ2v) is 3.62. The van der Waals surface area contributed by atoms with Crippen molar-refractivity contribution in [3.8, 4) is 5.75 Å². The molecule has 0 aliphatic carbocycles. The number of hydrogen-bond acceptors (Lipinski definition) is 3. The van der Waals surface area contributed by atoms with E-state index < -0.39 is 6.04 Å². The number of rotatable bonds is 5. The smallest absolute Gasteiger partial charge is 0.241 e. The molecule has 1 unspecified atom stereocenters. The van der Waals surface area contributed by atoms with E-state index in [1.807, 2.05) is 25.1 Å². The standard InChI is InChI=1S/C12H18N2O2/c1-3-8-16-11-7-5-4-6-10(11)14-12(15)9(2)13/h4-7,9H,3,8,13H2,1-2H3,(H,14,15). The van der Waals surface area contributed by atoms with Crippen molar-refractivity contribution in [2.75, 3.05) is 11.9 Å². The van der Waals surface area contributed by atoms with Crippen LogP contribution in [0.4, 0.5) is 5.69 Å². The maximum atomic E-state index is 11.4. The molecular weight excluding hydrogens is 204 g/mol. The first-order chi connectivity index (χ1) is 7.65. The molecule has 1 amide bonds. The lowest BCUT2D eigenvalue weighted by Gasteiger charge is -2.12. The molecule has 1 aromatic carbocycles. The van der Waals surface area contributed by atoms with Crippen LogP contribution >= 0.6 is 0 Å². The van der Waals surface area contributed by atoms with Gasteiger partial charge in [0, 0.05) is 0 Å². The van der Waals surface area contributed by atoms with Gasteiger partial charge >= 0.3 is 0 Å². The molecule has 0 fully saturated rings. The van der Waals surface area contributed by atoms with E-state index in [-0.39, 0.29) is 5.91 Å². The SMILES string of the molecule is CCCOc1ccccc1NC(=O)C(C)N. The molecule has 1 atom stereocenters. The molecule has 4 heteroatoms. The number of nitrogens with one attached hydrogen (secondary N) is 1. The Morgan fingerprint density at radius 3 is 2.81 bits per heavy atom. The van der Waals surface area contributed by atoms with Crippen molar-refractivity contribution in [1.82, 2.24) is 0 Å². The molecule has 1 aromatic rings. The maximum absolute atomic E-state index is 11.4. The highest BCUT2D eigenvalue weighted by molar-refractivity contribution is 5.95. The van der Waals surface area contributed by atoms with Crippen LogP contribution in [0.25, 0.3) is 0 Å². The number of amides is 1. The minimum absolute atomic E-state index is 0.215. The van der Waals surface area contributed by atoms with Gasteiger partial charge in [-0.1, -0.05) is 19.1 Å². The number of benzene rings is 1. The number of para-hydroxylation sites is 2. The molecular formula is C12H18N2O2. The summed E-state index contributed by atoms with van der Waals surface area (Å²) in [6.45, 7) is 4.30. The Hall–Kier alpha value is -1.55. The number of carbonyl (C=O) groups excluding carboxylic acids is 1. The van der Waals surface area contributed by atoms with Gasteiger partial charge in [0.15, 0.2) is 0 Å². The molecule has 0 bridgehead atoms. The number of anilines is 1. The highest BCUT2D eigenvalue weighted by Crippen LogP contribution is 2.23. The van der Waals surface area contributed by atoms with E-state index in [1.54, 1.807) is 13.0 Å². The van der Waals surface area contributed by atoms with E-state index in [0.29, 0.717) is 18.0 Å². The second kappa shape index (κ2) is 6.12. The van der Waals surface area contributed by atoms with Crippen molar-refractivity contribution < 1.29 is 9.53 Å². The summed E-state index contributed by atoms with van der Waals surface area (Å²) in [5.41, 5.74) is 6.15. The zero-order valence-electron chi connectivity index (χ0n) is 9.69. The van der Waals surface area contributed by atoms with Crippen molar-refractivity contribution >= 4 is 11.6 Å². The lowest BCUT2D eigenvalue weighted by Crippen LogP contribution is -2.32. The Bertz CT molecular complexity index is 351. The Labute approximate surface area is 95.8 Å². The third kappa shape index (κ3) is 3.55. The zero-order chi connectivity index (χ0) is 12.0. The molecule has 1 rings (SSSR count). The lowest BCUT2D eigenvalue weighted by atomic mass is 10.2. The van der Waals surface area contributed by atoms with Gasteiger partial charge in [-0.25, -0.2) is 0 Å². The van der Waals surface area contributed by atoms with E-state index in [0.717, 1.165) is 6.42 Å². The first-order valence-corrected chi connectivity index (χ1v) is 5.43. The fourth-order valence-electron chi connectivity index (χ4n) is 1.15. The summed E-state index contributed by atoms with van der Waals surface area (Å²) in [6.07, 6.45) is 0.926. The highest BCUT2D eigenvalue weighted by Gasteiger charge is 2.10. The van der Waals surface area contributed by atoms with Gasteiger partial charge in [0.25, 0.3) is 0 Å². The quantitative estimate of drug-likeness (QED) is 0.798. The van der Waals surface area contributed by atoms with Crippen LogP contribution in [0.2, 0.25) is 0 Å². The molecule has 0 saturated heterocycles. The maximum Gasteiger partial charge on any atom is 0.241 e. The average Bonchev–Trinajstić information content (AvgIpc) is 2.27. The summed E-state index contributed by atoms with van der Waals surface area (Å²) in [6, 6.07) is 6.80. The van der Waals surface area contributed by atoms with Crippen molar-refractivity contribution in [3.63, 3.8) is 0 Å². The minimum Gasteiger partial charge on any atom is -0.491 e. The average molecular weight is 222 g/mol. The predicted molar refractivity (Wildman–Crippen MR) is 64.5 cm³/mol. The Morgan fingerprint density at radius 2 is 2.19 bits per heavy atom. The van der Waals surface area contributed by atoms with Crippen molar-refractivity contribution in [2.24, 2.45) is 5.73 Å². The van der Waals surface area contributed by atoms with E-state index in [2.05, 4.69) is 5.32 Å². The number of nitrogens with two attached hydrogens (primary N) is 1. The Morgan fingerprint density at radius 1 is 1.50 bits per heavy atom. The molecule has 0 spiro atoms. The van der Waals surface area contributed by atoms with Crippen LogP contribution in [0.3, 0.4) is 0 Å². The van der Waals surface area contributed by atoms with Crippen molar-refractivity contribution in [3.05, 3.63) is 24.3 Å². The van der Waals surface area contributed by atoms with Gasteiger partial charge in [-0.3, -0.25) is 4.79 Å². The molecule has 0 radical (unpaired) electrons. The number of carbonyl (C=O) groups is 1. The molecule has 3 N–H and O–H groups in total. The van der Waals surface area contributed by atoms with Crippen LogP contribution in [0.5, 0.6) is 5.75 Å². The summed E-state index contributed by atoms with van der Waals surface area (Å²) in [5, 5.41) is 2.73. The van der Waals surface area contributed by atoms with Crippen LogP contribution in [0, 0.1) is 0 Å². The first-order valence-electron chi connectivity index (χ1n) is 5.43. The van der Waals surface area contributed by atoms with Gasteiger partial charge in [0.05, 0.1) is 18.3 Å². The van der Waals surface area contributed by atoms with Crippen LogP contribution in [0.15, 0.2) is 24.3 Å². The summed E-state index contributed by atoms with van der Waals surface area (Å²) >= 11 is 0. The summed E-state index contributed by atoms with van der Waals surface area (Å²) in [5.74, 6) is 0.464. The molecule has 0 aromatic heterocycles.